The molecule has 1 aliphatic rings. The molecule has 0 radical (unpaired) electrons. The lowest BCUT2D eigenvalue weighted by atomic mass is 9.97. The van der Waals surface area contributed by atoms with Gasteiger partial charge in [-0.25, -0.2) is 0 Å². The molecule has 0 bridgehead atoms. The number of anilines is 3. The number of hydrogen-bond donors (Lipinski definition) is 2. The molecule has 0 spiro atoms. The van der Waals surface area contributed by atoms with Crippen molar-refractivity contribution in [1.29, 1.82) is 0 Å². The molecule has 0 fully saturated rings. The molecule has 6 nitrogen and oxygen atoms in total. The lowest BCUT2D eigenvalue weighted by Crippen LogP contribution is -2.09. The number of para-hydroxylation sites is 1. The molecular formula is C23H25N5O. The molecule has 0 saturated heterocycles. The normalized spacial score (nSPS) is 13.4. The summed E-state index contributed by atoms with van der Waals surface area (Å²) in [6, 6.07) is 17.5. The predicted octanol–water partition coefficient (Wildman–Crippen LogP) is 5.71. The van der Waals surface area contributed by atoms with Gasteiger partial charge < -0.3 is 15.4 Å². The van der Waals surface area contributed by atoms with E-state index < -0.39 is 0 Å². The summed E-state index contributed by atoms with van der Waals surface area (Å²) in [5, 5.41) is 14.6. The number of allylic oxidation sites excluding steroid dienone is 1. The minimum Gasteiger partial charge on any atom is -0.457 e. The molecule has 1 heterocycles. The van der Waals surface area contributed by atoms with E-state index in [1.54, 1.807) is 6.20 Å². The van der Waals surface area contributed by atoms with E-state index in [9.17, 15) is 0 Å². The van der Waals surface area contributed by atoms with Gasteiger partial charge >= 0.3 is 0 Å². The molecular weight excluding hydrogens is 362 g/mol. The molecule has 148 valence electrons. The van der Waals surface area contributed by atoms with Gasteiger partial charge in [0.25, 0.3) is 0 Å². The number of aromatic nitrogens is 3. The second kappa shape index (κ2) is 9.68. The third kappa shape index (κ3) is 5.78. The van der Waals surface area contributed by atoms with Crippen molar-refractivity contribution in [3.05, 3.63) is 72.4 Å². The first-order valence-electron chi connectivity index (χ1n) is 10.1. The molecule has 2 N–H and O–H groups in total. The van der Waals surface area contributed by atoms with Crippen LogP contribution in [0.5, 0.6) is 11.5 Å². The largest absolute Gasteiger partial charge is 0.457 e. The number of rotatable bonds is 8. The molecule has 0 amide bonds. The summed E-state index contributed by atoms with van der Waals surface area (Å²) in [6.45, 7) is 0.822. The van der Waals surface area contributed by atoms with Gasteiger partial charge in [-0.2, -0.15) is 10.1 Å². The van der Waals surface area contributed by atoms with Crippen LogP contribution in [0, 0.1) is 0 Å². The van der Waals surface area contributed by atoms with E-state index in [0.717, 1.165) is 30.2 Å². The third-order valence-electron chi connectivity index (χ3n) is 4.78. The fourth-order valence-electron chi connectivity index (χ4n) is 3.28. The van der Waals surface area contributed by atoms with Gasteiger partial charge in [0.15, 0.2) is 5.82 Å². The number of nitrogens with zero attached hydrogens (tertiary/aromatic N) is 3. The van der Waals surface area contributed by atoms with Gasteiger partial charge in [-0.15, -0.1) is 5.10 Å². The Bertz CT molecular complexity index is 941. The fraction of sp³-hybridized carbons (Fsp3) is 0.261. The maximum absolute atomic E-state index is 5.82. The van der Waals surface area contributed by atoms with Crippen LogP contribution in [0.15, 0.2) is 72.4 Å². The van der Waals surface area contributed by atoms with Crippen LogP contribution in [-0.4, -0.2) is 21.7 Å². The maximum atomic E-state index is 5.82. The van der Waals surface area contributed by atoms with Crippen LogP contribution < -0.4 is 15.4 Å². The first-order chi connectivity index (χ1) is 14.3. The minimum absolute atomic E-state index is 0.537. The quantitative estimate of drug-likeness (QED) is 0.482. The van der Waals surface area contributed by atoms with Crippen LogP contribution in [-0.2, 0) is 0 Å². The van der Waals surface area contributed by atoms with E-state index in [-0.39, 0.29) is 0 Å². The van der Waals surface area contributed by atoms with Crippen LogP contribution in [0.1, 0.15) is 32.1 Å². The molecule has 29 heavy (non-hydrogen) atoms. The van der Waals surface area contributed by atoms with Crippen molar-refractivity contribution in [3.8, 4) is 11.5 Å². The van der Waals surface area contributed by atoms with E-state index >= 15 is 0 Å². The van der Waals surface area contributed by atoms with E-state index in [1.165, 1.54) is 31.3 Å². The molecule has 0 aliphatic heterocycles. The predicted molar refractivity (Wildman–Crippen MR) is 116 cm³/mol. The number of hydrogen-bond acceptors (Lipinski definition) is 6. The minimum atomic E-state index is 0.537. The van der Waals surface area contributed by atoms with E-state index in [0.29, 0.717) is 11.8 Å². The highest BCUT2D eigenvalue weighted by molar-refractivity contribution is 5.57. The highest BCUT2D eigenvalue weighted by atomic mass is 16.5. The number of nitrogens with one attached hydrogen (secondary N) is 2. The Kier molecular flexibility index (Phi) is 6.32. The Hall–Kier alpha value is -3.41. The Morgan fingerprint density at radius 1 is 0.931 bits per heavy atom. The van der Waals surface area contributed by atoms with Crippen molar-refractivity contribution in [2.45, 2.75) is 32.1 Å². The van der Waals surface area contributed by atoms with Crippen molar-refractivity contribution >= 4 is 17.5 Å². The van der Waals surface area contributed by atoms with Gasteiger partial charge in [-0.3, -0.25) is 0 Å². The molecule has 6 heteroatoms. The van der Waals surface area contributed by atoms with Crippen LogP contribution in [0.4, 0.5) is 17.5 Å². The summed E-state index contributed by atoms with van der Waals surface area (Å²) in [5.41, 5.74) is 2.44. The van der Waals surface area contributed by atoms with Crippen molar-refractivity contribution in [3.63, 3.8) is 0 Å². The highest BCUT2D eigenvalue weighted by Crippen LogP contribution is 2.24. The van der Waals surface area contributed by atoms with Crippen LogP contribution in [0.3, 0.4) is 0 Å². The third-order valence-corrected chi connectivity index (χ3v) is 4.78. The van der Waals surface area contributed by atoms with Crippen molar-refractivity contribution in [2.24, 2.45) is 0 Å². The van der Waals surface area contributed by atoms with Crippen LogP contribution in [0.2, 0.25) is 0 Å². The van der Waals surface area contributed by atoms with E-state index in [1.807, 2.05) is 54.6 Å². The maximum Gasteiger partial charge on any atom is 0.244 e. The molecule has 1 aliphatic carbocycles. The van der Waals surface area contributed by atoms with Gasteiger partial charge in [0.05, 0.1) is 6.20 Å². The Morgan fingerprint density at radius 2 is 1.76 bits per heavy atom. The summed E-state index contributed by atoms with van der Waals surface area (Å²) in [7, 11) is 0. The first-order valence-corrected chi connectivity index (χ1v) is 10.1. The zero-order valence-electron chi connectivity index (χ0n) is 16.3. The molecule has 0 unspecified atom stereocenters. The molecule has 0 saturated carbocycles. The first kappa shape index (κ1) is 18.9. The average molecular weight is 387 g/mol. The zero-order chi connectivity index (χ0) is 19.7. The number of benzene rings is 2. The average Bonchev–Trinajstić information content (AvgIpc) is 2.77. The lowest BCUT2D eigenvalue weighted by molar-refractivity contribution is 0.483. The highest BCUT2D eigenvalue weighted by Gasteiger charge is 2.05. The van der Waals surface area contributed by atoms with Crippen molar-refractivity contribution in [2.75, 3.05) is 17.2 Å². The monoisotopic (exact) mass is 387 g/mol. The summed E-state index contributed by atoms with van der Waals surface area (Å²) in [6.07, 6.45) is 10.1. The molecule has 4 rings (SSSR count). The summed E-state index contributed by atoms with van der Waals surface area (Å²) in [5.74, 6) is 2.78. The molecule has 0 atom stereocenters. The fourth-order valence-corrected chi connectivity index (χ4v) is 3.28. The molecule has 3 aromatic rings. The van der Waals surface area contributed by atoms with Crippen LogP contribution >= 0.6 is 0 Å². The zero-order valence-corrected chi connectivity index (χ0v) is 16.3. The van der Waals surface area contributed by atoms with E-state index in [2.05, 4.69) is 31.9 Å². The van der Waals surface area contributed by atoms with Crippen LogP contribution in [0.25, 0.3) is 0 Å². The standard InChI is InChI=1S/C23H25N5O/c1-3-7-18(8-4-1)15-16-24-23-27-22(17-25-28-23)26-19-11-13-21(14-12-19)29-20-9-5-2-6-10-20/h2,5-7,9-14,17H,1,3-4,8,15-16H2,(H2,24,26,27,28). The molecule has 2 aromatic carbocycles. The Morgan fingerprint density at radius 3 is 2.55 bits per heavy atom. The van der Waals surface area contributed by atoms with Crippen molar-refractivity contribution in [1.82, 2.24) is 15.2 Å². The van der Waals surface area contributed by atoms with Gasteiger partial charge in [0.2, 0.25) is 5.95 Å². The van der Waals surface area contributed by atoms with E-state index in [4.69, 9.17) is 4.74 Å². The Balaban J connectivity index is 1.31. The molecule has 1 aromatic heterocycles. The van der Waals surface area contributed by atoms with Gasteiger partial charge in [0, 0.05) is 12.2 Å². The summed E-state index contributed by atoms with van der Waals surface area (Å²) in [4.78, 5) is 4.49. The second-order valence-electron chi connectivity index (χ2n) is 7.01. The topological polar surface area (TPSA) is 72.0 Å². The number of ether oxygens (including phenoxy) is 1. The van der Waals surface area contributed by atoms with Gasteiger partial charge in [-0.05, 0) is 68.5 Å². The van der Waals surface area contributed by atoms with Crippen molar-refractivity contribution < 1.29 is 4.74 Å². The van der Waals surface area contributed by atoms with Gasteiger partial charge in [0.1, 0.15) is 11.5 Å². The smallest absolute Gasteiger partial charge is 0.244 e. The second-order valence-corrected chi connectivity index (χ2v) is 7.01. The van der Waals surface area contributed by atoms with Gasteiger partial charge in [-0.1, -0.05) is 29.8 Å². The lowest BCUT2D eigenvalue weighted by Gasteiger charge is -2.13. The summed E-state index contributed by atoms with van der Waals surface area (Å²) < 4.78 is 5.82. The Labute approximate surface area is 171 Å². The summed E-state index contributed by atoms with van der Waals surface area (Å²) >= 11 is 0. The SMILES string of the molecule is C1=C(CCNc2nncc(Nc3ccc(Oc4ccccc4)cc3)n2)CCCC1.